The zero-order chi connectivity index (χ0) is 19.2. The topological polar surface area (TPSA) is 86.3 Å². The van der Waals surface area contributed by atoms with Gasteiger partial charge in [0.05, 0.1) is 13.7 Å². The molecule has 1 heterocycles. The van der Waals surface area contributed by atoms with Crippen molar-refractivity contribution in [2.75, 3.05) is 13.7 Å². The van der Waals surface area contributed by atoms with Crippen LogP contribution in [-0.2, 0) is 11.3 Å². The van der Waals surface area contributed by atoms with Crippen molar-refractivity contribution in [1.82, 2.24) is 15.4 Å². The predicted molar refractivity (Wildman–Crippen MR) is 103 cm³/mol. The molecule has 0 aliphatic rings. The average Bonchev–Trinajstić information content (AvgIpc) is 3.17. The second-order valence-electron chi connectivity index (χ2n) is 5.52. The van der Waals surface area contributed by atoms with E-state index in [1.54, 1.807) is 32.2 Å². The highest BCUT2D eigenvalue weighted by atomic mass is 79.9. The van der Waals surface area contributed by atoms with Gasteiger partial charge in [-0.05, 0) is 42.8 Å². The van der Waals surface area contributed by atoms with Crippen LogP contribution in [-0.4, -0.2) is 35.1 Å². The second-order valence-corrected chi connectivity index (χ2v) is 6.44. The SMILES string of the molecule is CCOC(=O)c1n[nH]nc1-c1ccc(OCc2ccc(Br)cc2)c(OC)c1. The van der Waals surface area contributed by atoms with E-state index in [0.717, 1.165) is 10.0 Å². The van der Waals surface area contributed by atoms with Crippen LogP contribution in [0.15, 0.2) is 46.9 Å². The summed E-state index contributed by atoms with van der Waals surface area (Å²) in [5.74, 6) is 0.587. The summed E-state index contributed by atoms with van der Waals surface area (Å²) in [4.78, 5) is 12.0. The van der Waals surface area contributed by atoms with Crippen molar-refractivity contribution in [2.24, 2.45) is 0 Å². The van der Waals surface area contributed by atoms with Crippen molar-refractivity contribution in [3.8, 4) is 22.8 Å². The third kappa shape index (κ3) is 4.46. The molecule has 0 saturated carbocycles. The normalized spacial score (nSPS) is 10.5. The molecule has 0 spiro atoms. The highest BCUT2D eigenvalue weighted by Crippen LogP contribution is 2.33. The zero-order valence-corrected chi connectivity index (χ0v) is 16.4. The Morgan fingerprint density at radius 3 is 2.59 bits per heavy atom. The van der Waals surface area contributed by atoms with E-state index in [1.807, 2.05) is 24.3 Å². The molecule has 8 heteroatoms. The lowest BCUT2D eigenvalue weighted by Gasteiger charge is -2.12. The number of rotatable bonds is 7. The van der Waals surface area contributed by atoms with Crippen LogP contribution in [0.4, 0.5) is 0 Å². The number of halogens is 1. The van der Waals surface area contributed by atoms with Gasteiger partial charge in [-0.15, -0.1) is 5.10 Å². The van der Waals surface area contributed by atoms with Crippen molar-refractivity contribution >= 4 is 21.9 Å². The molecule has 2 aromatic carbocycles. The van der Waals surface area contributed by atoms with E-state index in [2.05, 4.69) is 31.3 Å². The van der Waals surface area contributed by atoms with Crippen LogP contribution >= 0.6 is 15.9 Å². The Balaban J connectivity index is 1.81. The lowest BCUT2D eigenvalue weighted by Crippen LogP contribution is -2.07. The number of hydrogen-bond acceptors (Lipinski definition) is 6. The smallest absolute Gasteiger partial charge is 0.361 e. The van der Waals surface area contributed by atoms with Gasteiger partial charge < -0.3 is 14.2 Å². The molecule has 0 aliphatic carbocycles. The van der Waals surface area contributed by atoms with E-state index < -0.39 is 5.97 Å². The number of hydrogen-bond donors (Lipinski definition) is 1. The highest BCUT2D eigenvalue weighted by molar-refractivity contribution is 9.10. The molecule has 3 rings (SSSR count). The van der Waals surface area contributed by atoms with Crippen LogP contribution in [0, 0.1) is 0 Å². The van der Waals surface area contributed by atoms with Crippen LogP contribution < -0.4 is 9.47 Å². The molecule has 0 atom stereocenters. The van der Waals surface area contributed by atoms with Gasteiger partial charge in [-0.2, -0.15) is 10.3 Å². The molecular weight excluding hydrogens is 414 g/mol. The Bertz CT molecular complexity index is 925. The second kappa shape index (κ2) is 8.68. The van der Waals surface area contributed by atoms with Gasteiger partial charge in [0.1, 0.15) is 12.3 Å². The Morgan fingerprint density at radius 2 is 1.89 bits per heavy atom. The van der Waals surface area contributed by atoms with E-state index in [9.17, 15) is 4.79 Å². The first-order valence-corrected chi connectivity index (χ1v) is 9.05. The van der Waals surface area contributed by atoms with Gasteiger partial charge in [0.2, 0.25) is 0 Å². The van der Waals surface area contributed by atoms with Crippen LogP contribution in [0.3, 0.4) is 0 Å². The first-order chi connectivity index (χ1) is 13.1. The summed E-state index contributed by atoms with van der Waals surface area (Å²) >= 11 is 3.41. The minimum atomic E-state index is -0.532. The highest BCUT2D eigenvalue weighted by Gasteiger charge is 2.20. The predicted octanol–water partition coefficient (Wildman–Crippen LogP) is 4.00. The number of methoxy groups -OCH3 is 1. The zero-order valence-electron chi connectivity index (χ0n) is 14.9. The molecule has 0 bridgehead atoms. The quantitative estimate of drug-likeness (QED) is 0.568. The molecule has 140 valence electrons. The van der Waals surface area contributed by atoms with E-state index in [1.165, 1.54) is 0 Å². The van der Waals surface area contributed by atoms with Crippen LogP contribution in [0.2, 0.25) is 0 Å². The summed E-state index contributed by atoms with van der Waals surface area (Å²) in [6, 6.07) is 13.2. The maximum atomic E-state index is 12.0. The molecule has 7 nitrogen and oxygen atoms in total. The van der Waals surface area contributed by atoms with Gasteiger partial charge in [-0.1, -0.05) is 28.1 Å². The molecule has 0 unspecified atom stereocenters. The number of benzene rings is 2. The van der Waals surface area contributed by atoms with E-state index in [0.29, 0.717) is 29.4 Å². The van der Waals surface area contributed by atoms with Crippen LogP contribution in [0.25, 0.3) is 11.3 Å². The number of esters is 1. The minimum Gasteiger partial charge on any atom is -0.493 e. The Morgan fingerprint density at radius 1 is 1.11 bits per heavy atom. The van der Waals surface area contributed by atoms with Crippen LogP contribution in [0.5, 0.6) is 11.5 Å². The van der Waals surface area contributed by atoms with Gasteiger partial charge in [0.15, 0.2) is 17.2 Å². The standard InChI is InChI=1S/C19H18BrN3O4/c1-3-26-19(24)18-17(21-23-22-18)13-6-9-15(16(10-13)25-2)27-11-12-4-7-14(20)8-5-12/h4-10H,3,11H2,1-2H3,(H,21,22,23). The first-order valence-electron chi connectivity index (χ1n) is 8.26. The summed E-state index contributed by atoms with van der Waals surface area (Å²) in [5.41, 5.74) is 2.22. The van der Waals surface area contributed by atoms with Crippen molar-refractivity contribution in [3.63, 3.8) is 0 Å². The molecule has 1 N–H and O–H groups in total. The molecule has 27 heavy (non-hydrogen) atoms. The number of nitrogens with one attached hydrogen (secondary N) is 1. The third-order valence-corrected chi connectivity index (χ3v) is 4.29. The number of carbonyl (C=O) groups is 1. The summed E-state index contributed by atoms with van der Waals surface area (Å²) in [7, 11) is 1.56. The molecule has 0 amide bonds. The first kappa shape index (κ1) is 18.9. The lowest BCUT2D eigenvalue weighted by atomic mass is 10.1. The maximum Gasteiger partial charge on any atom is 0.361 e. The molecule has 3 aromatic rings. The molecular formula is C19H18BrN3O4. The van der Waals surface area contributed by atoms with E-state index in [-0.39, 0.29) is 12.3 Å². The monoisotopic (exact) mass is 431 g/mol. The lowest BCUT2D eigenvalue weighted by molar-refractivity contribution is 0.0520. The fourth-order valence-corrected chi connectivity index (χ4v) is 2.71. The van der Waals surface area contributed by atoms with Crippen molar-refractivity contribution < 1.29 is 19.0 Å². The van der Waals surface area contributed by atoms with Gasteiger partial charge in [-0.25, -0.2) is 4.79 Å². The number of carbonyl (C=O) groups excluding carboxylic acids is 1. The molecule has 0 fully saturated rings. The number of nitrogens with zero attached hydrogens (tertiary/aromatic N) is 2. The summed E-state index contributed by atoms with van der Waals surface area (Å²) in [5, 5.41) is 10.4. The summed E-state index contributed by atoms with van der Waals surface area (Å²) in [6.07, 6.45) is 0. The Kier molecular flexibility index (Phi) is 6.08. The number of ether oxygens (including phenoxy) is 3. The molecule has 0 aliphatic heterocycles. The van der Waals surface area contributed by atoms with E-state index >= 15 is 0 Å². The Hall–Kier alpha value is -2.87. The maximum absolute atomic E-state index is 12.0. The van der Waals surface area contributed by atoms with Crippen LogP contribution in [0.1, 0.15) is 23.0 Å². The van der Waals surface area contributed by atoms with Crippen molar-refractivity contribution in [2.45, 2.75) is 13.5 Å². The minimum absolute atomic E-state index is 0.127. The third-order valence-electron chi connectivity index (χ3n) is 3.76. The number of aromatic amines is 1. The van der Waals surface area contributed by atoms with Crippen molar-refractivity contribution in [3.05, 3.63) is 58.2 Å². The number of aromatic nitrogens is 3. The summed E-state index contributed by atoms with van der Waals surface area (Å²) in [6.45, 7) is 2.40. The number of H-pyrrole nitrogens is 1. The van der Waals surface area contributed by atoms with E-state index in [4.69, 9.17) is 14.2 Å². The van der Waals surface area contributed by atoms with Gasteiger partial charge >= 0.3 is 5.97 Å². The van der Waals surface area contributed by atoms with Gasteiger partial charge in [0, 0.05) is 10.0 Å². The molecule has 0 saturated heterocycles. The molecule has 1 aromatic heterocycles. The van der Waals surface area contributed by atoms with Gasteiger partial charge in [-0.3, -0.25) is 0 Å². The van der Waals surface area contributed by atoms with Gasteiger partial charge in [0.25, 0.3) is 0 Å². The molecule has 0 radical (unpaired) electrons. The average molecular weight is 432 g/mol. The largest absolute Gasteiger partial charge is 0.493 e. The van der Waals surface area contributed by atoms with Crippen molar-refractivity contribution in [1.29, 1.82) is 0 Å². The summed E-state index contributed by atoms with van der Waals surface area (Å²) < 4.78 is 17.3. The fraction of sp³-hybridized carbons (Fsp3) is 0.211. The fourth-order valence-electron chi connectivity index (χ4n) is 2.45. The Labute approximate surface area is 164 Å².